The average molecular weight is 298 g/mol. The number of benzene rings is 1. The van der Waals surface area contributed by atoms with Gasteiger partial charge >= 0.3 is 0 Å². The van der Waals surface area contributed by atoms with Crippen LogP contribution < -0.4 is 0 Å². The number of nitrogens with zero attached hydrogens (tertiary/aromatic N) is 2. The van der Waals surface area contributed by atoms with Crippen molar-refractivity contribution in [3.63, 3.8) is 0 Å². The van der Waals surface area contributed by atoms with Gasteiger partial charge in [0.05, 0.1) is 11.3 Å². The van der Waals surface area contributed by atoms with Crippen molar-refractivity contribution in [3.8, 4) is 5.69 Å². The summed E-state index contributed by atoms with van der Waals surface area (Å²) in [5, 5.41) is 14.2. The van der Waals surface area contributed by atoms with Gasteiger partial charge in [0.2, 0.25) is 0 Å². The summed E-state index contributed by atoms with van der Waals surface area (Å²) in [5.41, 5.74) is 0.268. The fourth-order valence-corrected chi connectivity index (χ4v) is 3.60. The van der Waals surface area contributed by atoms with Crippen LogP contribution in [0.1, 0.15) is 13.8 Å². The van der Waals surface area contributed by atoms with E-state index in [0.29, 0.717) is 5.75 Å². The van der Waals surface area contributed by atoms with Crippen LogP contribution in [0.25, 0.3) is 5.69 Å². The van der Waals surface area contributed by atoms with Crippen LogP contribution in [-0.4, -0.2) is 26.2 Å². The number of para-hydroxylation sites is 1. The van der Waals surface area contributed by atoms with Crippen LogP contribution in [-0.2, 0) is 0 Å². The third kappa shape index (κ3) is 3.65. The van der Waals surface area contributed by atoms with Crippen molar-refractivity contribution in [2.45, 2.75) is 23.8 Å². The molecular weight excluding hydrogens is 284 g/mol. The van der Waals surface area contributed by atoms with Gasteiger partial charge in [-0.3, -0.25) is 0 Å². The van der Waals surface area contributed by atoms with Crippen LogP contribution >= 0.6 is 35.3 Å². The molecule has 2 rings (SSSR count). The Balaban J connectivity index is 2.21. The Kier molecular flexibility index (Phi) is 4.21. The van der Waals surface area contributed by atoms with E-state index < -0.39 is 5.60 Å². The zero-order valence-corrected chi connectivity index (χ0v) is 12.6. The molecule has 0 unspecified atom stereocenters. The lowest BCUT2D eigenvalue weighted by atomic mass is 10.2. The van der Waals surface area contributed by atoms with Crippen molar-refractivity contribution in [1.82, 2.24) is 9.78 Å². The van der Waals surface area contributed by atoms with Gasteiger partial charge in [-0.2, -0.15) is 0 Å². The van der Waals surface area contributed by atoms with Gasteiger partial charge in [-0.1, -0.05) is 41.3 Å². The predicted octanol–water partition coefficient (Wildman–Crippen LogP) is 3.53. The quantitative estimate of drug-likeness (QED) is 0.692. The molecule has 0 saturated heterocycles. The van der Waals surface area contributed by atoms with Gasteiger partial charge in [0, 0.05) is 5.75 Å². The summed E-state index contributed by atoms with van der Waals surface area (Å²) in [6.07, 6.45) is 0. The Morgan fingerprint density at radius 1 is 1.39 bits per heavy atom. The molecule has 0 bridgehead atoms. The molecule has 2 aromatic rings. The first-order valence-corrected chi connectivity index (χ1v) is 7.67. The summed E-state index contributed by atoms with van der Waals surface area (Å²) in [5.74, 6) is 0.601. The Labute approximate surface area is 119 Å². The largest absolute Gasteiger partial charge is 0.390 e. The summed E-state index contributed by atoms with van der Waals surface area (Å²) in [6.45, 7) is 3.57. The molecule has 0 saturated carbocycles. The summed E-state index contributed by atoms with van der Waals surface area (Å²) < 4.78 is 3.36. The minimum atomic E-state index is -0.699. The van der Waals surface area contributed by atoms with Gasteiger partial charge in [0.25, 0.3) is 0 Å². The van der Waals surface area contributed by atoms with E-state index >= 15 is 0 Å². The zero-order chi connectivity index (χ0) is 13.2. The van der Waals surface area contributed by atoms with Gasteiger partial charge in [-0.05, 0) is 38.2 Å². The zero-order valence-electron chi connectivity index (χ0n) is 10.2. The van der Waals surface area contributed by atoms with Crippen LogP contribution in [0, 0.1) is 3.95 Å². The van der Waals surface area contributed by atoms with E-state index in [1.54, 1.807) is 18.5 Å². The number of aromatic nitrogens is 2. The van der Waals surface area contributed by atoms with E-state index in [0.717, 1.165) is 14.0 Å². The Morgan fingerprint density at radius 3 is 2.67 bits per heavy atom. The number of aliphatic hydroxyl groups is 1. The molecule has 96 valence electrons. The molecule has 0 aliphatic heterocycles. The van der Waals surface area contributed by atoms with Crippen LogP contribution in [0.2, 0.25) is 0 Å². The summed E-state index contributed by atoms with van der Waals surface area (Å²) in [4.78, 5) is 0. The predicted molar refractivity (Wildman–Crippen MR) is 79.3 cm³/mol. The smallest absolute Gasteiger partial charge is 0.184 e. The lowest BCUT2D eigenvalue weighted by Gasteiger charge is -2.14. The fourth-order valence-electron chi connectivity index (χ4n) is 1.29. The Hall–Kier alpha value is -0.690. The van der Waals surface area contributed by atoms with Crippen molar-refractivity contribution < 1.29 is 5.11 Å². The van der Waals surface area contributed by atoms with Crippen molar-refractivity contribution in [3.05, 3.63) is 34.3 Å². The second-order valence-electron chi connectivity index (χ2n) is 4.48. The number of hydrogen-bond acceptors (Lipinski definition) is 5. The van der Waals surface area contributed by atoms with Crippen molar-refractivity contribution in [2.75, 3.05) is 5.75 Å². The van der Waals surface area contributed by atoms with Crippen LogP contribution in [0.3, 0.4) is 0 Å². The van der Waals surface area contributed by atoms with Gasteiger partial charge < -0.3 is 5.11 Å². The maximum atomic E-state index is 9.70. The number of hydrogen-bond donors (Lipinski definition) is 1. The standard InChI is InChI=1S/C12H14N2OS3/c1-12(2,15)8-17-10-13-14(11(16)18-10)9-6-4-3-5-7-9/h3-7,15H,8H2,1-2H3. The first-order chi connectivity index (χ1) is 8.46. The van der Waals surface area contributed by atoms with E-state index in [1.807, 2.05) is 30.3 Å². The highest BCUT2D eigenvalue weighted by molar-refractivity contribution is 8.01. The van der Waals surface area contributed by atoms with Gasteiger partial charge in [0.15, 0.2) is 8.29 Å². The normalized spacial score (nSPS) is 11.7. The molecule has 0 atom stereocenters. The van der Waals surface area contributed by atoms with E-state index in [9.17, 15) is 5.11 Å². The van der Waals surface area contributed by atoms with Crippen molar-refractivity contribution in [2.24, 2.45) is 0 Å². The molecule has 0 radical (unpaired) electrons. The molecule has 0 amide bonds. The molecule has 0 aliphatic rings. The van der Waals surface area contributed by atoms with Gasteiger partial charge in [-0.25, -0.2) is 4.68 Å². The van der Waals surface area contributed by atoms with E-state index in [1.165, 1.54) is 23.1 Å². The maximum Gasteiger partial charge on any atom is 0.184 e. The molecule has 18 heavy (non-hydrogen) atoms. The number of thioether (sulfide) groups is 1. The maximum absolute atomic E-state index is 9.70. The lowest BCUT2D eigenvalue weighted by molar-refractivity contribution is 0.107. The van der Waals surface area contributed by atoms with Gasteiger partial charge in [-0.15, -0.1) is 5.10 Å². The monoisotopic (exact) mass is 298 g/mol. The third-order valence-corrected chi connectivity index (χ3v) is 4.89. The summed E-state index contributed by atoms with van der Waals surface area (Å²) >= 11 is 8.30. The molecule has 1 aromatic heterocycles. The molecule has 1 aromatic carbocycles. The molecule has 1 N–H and O–H groups in total. The Bertz CT molecular complexity index is 569. The lowest BCUT2D eigenvalue weighted by Crippen LogP contribution is -2.21. The molecule has 0 aliphatic carbocycles. The topological polar surface area (TPSA) is 38.1 Å². The minimum Gasteiger partial charge on any atom is -0.390 e. The third-order valence-electron chi connectivity index (χ3n) is 2.08. The van der Waals surface area contributed by atoms with Crippen LogP contribution in [0.4, 0.5) is 0 Å². The minimum absolute atomic E-state index is 0.601. The van der Waals surface area contributed by atoms with E-state index in [2.05, 4.69) is 5.10 Å². The van der Waals surface area contributed by atoms with Crippen LogP contribution in [0.15, 0.2) is 34.7 Å². The molecule has 0 fully saturated rings. The SMILES string of the molecule is CC(C)(O)CSc1nn(-c2ccccc2)c(=S)s1. The molecular formula is C12H14N2OS3. The van der Waals surface area contributed by atoms with Gasteiger partial charge in [0.1, 0.15) is 0 Å². The average Bonchev–Trinajstić information content (AvgIpc) is 2.68. The summed E-state index contributed by atoms with van der Waals surface area (Å²) in [7, 11) is 0. The van der Waals surface area contributed by atoms with E-state index in [4.69, 9.17) is 12.2 Å². The summed E-state index contributed by atoms with van der Waals surface area (Å²) in [6, 6.07) is 9.82. The highest BCUT2D eigenvalue weighted by Crippen LogP contribution is 2.26. The Morgan fingerprint density at radius 2 is 2.06 bits per heavy atom. The van der Waals surface area contributed by atoms with E-state index in [-0.39, 0.29) is 0 Å². The highest BCUT2D eigenvalue weighted by atomic mass is 32.2. The molecule has 6 heteroatoms. The second kappa shape index (κ2) is 5.52. The first kappa shape index (κ1) is 13.7. The highest BCUT2D eigenvalue weighted by Gasteiger charge is 2.15. The first-order valence-electron chi connectivity index (χ1n) is 5.46. The van der Waals surface area contributed by atoms with Crippen molar-refractivity contribution >= 4 is 35.3 Å². The molecule has 3 nitrogen and oxygen atoms in total. The molecule has 1 heterocycles. The molecule has 0 spiro atoms. The second-order valence-corrected chi connectivity index (χ2v) is 7.33. The number of rotatable bonds is 4. The van der Waals surface area contributed by atoms with Crippen LogP contribution in [0.5, 0.6) is 0 Å². The fraction of sp³-hybridized carbons (Fsp3) is 0.333. The van der Waals surface area contributed by atoms with Crippen molar-refractivity contribution in [1.29, 1.82) is 0 Å².